The Bertz CT molecular complexity index is 444. The lowest BCUT2D eigenvalue weighted by atomic mass is 9.91. The Morgan fingerprint density at radius 1 is 1.40 bits per heavy atom. The zero-order valence-corrected chi connectivity index (χ0v) is 12.4. The van der Waals surface area contributed by atoms with Crippen molar-refractivity contribution in [2.45, 2.75) is 31.7 Å². The standard InChI is InChI=1S/C16H25N3O/c1-3-11-18-16(15(17)20,13-9-10-13)12-19(2)14-7-5-4-6-8-14/h4-8,13,18H,3,9-12H2,1-2H3,(H2,17,20). The Hall–Kier alpha value is -1.55. The average Bonchev–Trinajstić information content (AvgIpc) is 3.28. The van der Waals surface area contributed by atoms with Crippen molar-refractivity contribution < 1.29 is 4.79 Å². The summed E-state index contributed by atoms with van der Waals surface area (Å²) in [4.78, 5) is 14.2. The number of amides is 1. The summed E-state index contributed by atoms with van der Waals surface area (Å²) in [5, 5.41) is 3.43. The van der Waals surface area contributed by atoms with Crippen molar-refractivity contribution in [2.24, 2.45) is 11.7 Å². The van der Waals surface area contributed by atoms with Crippen molar-refractivity contribution in [3.8, 4) is 0 Å². The van der Waals surface area contributed by atoms with Crippen molar-refractivity contribution in [2.75, 3.05) is 25.0 Å². The Kier molecular flexibility index (Phi) is 4.65. The van der Waals surface area contributed by atoms with Gasteiger partial charge in [0.25, 0.3) is 0 Å². The van der Waals surface area contributed by atoms with E-state index in [1.807, 2.05) is 25.2 Å². The molecule has 1 saturated carbocycles. The first-order chi connectivity index (χ1) is 9.60. The molecule has 4 heteroatoms. The average molecular weight is 275 g/mol. The van der Waals surface area contributed by atoms with Crippen LogP contribution >= 0.6 is 0 Å². The highest BCUT2D eigenvalue weighted by Gasteiger charge is 2.50. The normalized spacial score (nSPS) is 17.5. The minimum Gasteiger partial charge on any atom is -0.372 e. The summed E-state index contributed by atoms with van der Waals surface area (Å²) >= 11 is 0. The van der Waals surface area contributed by atoms with Gasteiger partial charge < -0.3 is 16.0 Å². The van der Waals surface area contributed by atoms with Gasteiger partial charge in [-0.1, -0.05) is 25.1 Å². The Labute approximate surface area is 121 Å². The molecule has 2 rings (SSSR count). The summed E-state index contributed by atoms with van der Waals surface area (Å²) in [6.45, 7) is 3.55. The number of para-hydroxylation sites is 1. The van der Waals surface area contributed by atoms with E-state index < -0.39 is 5.54 Å². The summed E-state index contributed by atoms with van der Waals surface area (Å²) in [6.07, 6.45) is 3.17. The number of primary amides is 1. The lowest BCUT2D eigenvalue weighted by Crippen LogP contribution is -2.63. The van der Waals surface area contributed by atoms with Crippen molar-refractivity contribution in [1.82, 2.24) is 5.32 Å². The van der Waals surface area contributed by atoms with Crippen LogP contribution in [0.3, 0.4) is 0 Å². The maximum atomic E-state index is 12.1. The van der Waals surface area contributed by atoms with E-state index in [-0.39, 0.29) is 5.91 Å². The third kappa shape index (κ3) is 3.12. The molecule has 1 unspecified atom stereocenters. The number of nitrogens with zero attached hydrogens (tertiary/aromatic N) is 1. The number of hydrogen-bond donors (Lipinski definition) is 2. The molecular formula is C16H25N3O. The van der Waals surface area contributed by atoms with Gasteiger partial charge in [0.1, 0.15) is 5.54 Å². The van der Waals surface area contributed by atoms with Crippen LogP contribution in [0.15, 0.2) is 30.3 Å². The second kappa shape index (κ2) is 6.27. The van der Waals surface area contributed by atoms with Gasteiger partial charge in [-0.15, -0.1) is 0 Å². The number of nitrogens with two attached hydrogens (primary N) is 1. The molecule has 0 bridgehead atoms. The lowest BCUT2D eigenvalue weighted by Gasteiger charge is -2.36. The van der Waals surface area contributed by atoms with Crippen LogP contribution in [-0.2, 0) is 4.79 Å². The zero-order chi connectivity index (χ0) is 14.6. The molecule has 1 amide bonds. The van der Waals surface area contributed by atoms with E-state index in [1.54, 1.807) is 0 Å². The highest BCUT2D eigenvalue weighted by Crippen LogP contribution is 2.40. The topological polar surface area (TPSA) is 58.4 Å². The molecule has 4 nitrogen and oxygen atoms in total. The SMILES string of the molecule is CCCNC(CN(C)c1ccccc1)(C(N)=O)C1CC1. The maximum absolute atomic E-state index is 12.1. The van der Waals surface area contributed by atoms with Crippen LogP contribution in [0.5, 0.6) is 0 Å². The van der Waals surface area contributed by atoms with E-state index in [2.05, 4.69) is 29.3 Å². The van der Waals surface area contributed by atoms with Gasteiger partial charge in [-0.2, -0.15) is 0 Å². The number of anilines is 1. The molecule has 3 N–H and O–H groups in total. The molecule has 1 aliphatic carbocycles. The highest BCUT2D eigenvalue weighted by atomic mass is 16.1. The van der Waals surface area contributed by atoms with Crippen LogP contribution < -0.4 is 16.0 Å². The van der Waals surface area contributed by atoms with Gasteiger partial charge in [0, 0.05) is 19.3 Å². The zero-order valence-electron chi connectivity index (χ0n) is 12.4. The fourth-order valence-corrected chi connectivity index (χ4v) is 2.77. The third-order valence-electron chi connectivity index (χ3n) is 4.09. The second-order valence-electron chi connectivity index (χ2n) is 5.73. The van der Waals surface area contributed by atoms with Crippen molar-refractivity contribution in [3.63, 3.8) is 0 Å². The number of carbonyl (C=O) groups is 1. The molecular weight excluding hydrogens is 250 g/mol. The van der Waals surface area contributed by atoms with Gasteiger partial charge in [0.15, 0.2) is 0 Å². The summed E-state index contributed by atoms with van der Waals surface area (Å²) < 4.78 is 0. The third-order valence-corrected chi connectivity index (χ3v) is 4.09. The number of benzene rings is 1. The molecule has 0 aromatic heterocycles. The smallest absolute Gasteiger partial charge is 0.239 e. The van der Waals surface area contributed by atoms with Gasteiger partial charge in [0.05, 0.1) is 0 Å². The molecule has 0 spiro atoms. The van der Waals surface area contributed by atoms with Gasteiger partial charge >= 0.3 is 0 Å². The van der Waals surface area contributed by atoms with E-state index in [4.69, 9.17) is 5.73 Å². The van der Waals surface area contributed by atoms with E-state index in [1.165, 1.54) is 0 Å². The van der Waals surface area contributed by atoms with Crippen LogP contribution in [0.1, 0.15) is 26.2 Å². The molecule has 1 aromatic carbocycles. The Morgan fingerprint density at radius 3 is 2.55 bits per heavy atom. The first kappa shape index (κ1) is 14.9. The predicted molar refractivity (Wildman–Crippen MR) is 82.7 cm³/mol. The van der Waals surface area contributed by atoms with Crippen LogP contribution in [-0.4, -0.2) is 31.6 Å². The van der Waals surface area contributed by atoms with Crippen LogP contribution in [0.4, 0.5) is 5.69 Å². The number of carbonyl (C=O) groups excluding carboxylic acids is 1. The Balaban J connectivity index is 2.16. The largest absolute Gasteiger partial charge is 0.372 e. The molecule has 1 fully saturated rings. The summed E-state index contributed by atoms with van der Waals surface area (Å²) in [6, 6.07) is 10.1. The second-order valence-corrected chi connectivity index (χ2v) is 5.73. The van der Waals surface area contributed by atoms with Gasteiger partial charge in [0.2, 0.25) is 5.91 Å². The van der Waals surface area contributed by atoms with Gasteiger partial charge in [-0.3, -0.25) is 4.79 Å². The van der Waals surface area contributed by atoms with Crippen LogP contribution in [0.2, 0.25) is 0 Å². The van der Waals surface area contributed by atoms with Crippen molar-refractivity contribution in [3.05, 3.63) is 30.3 Å². The lowest BCUT2D eigenvalue weighted by molar-refractivity contribution is -0.125. The number of likely N-dealkylation sites (N-methyl/N-ethyl adjacent to an activating group) is 1. The highest BCUT2D eigenvalue weighted by molar-refractivity contribution is 5.86. The fraction of sp³-hybridized carbons (Fsp3) is 0.562. The maximum Gasteiger partial charge on any atom is 0.239 e. The minimum atomic E-state index is -0.597. The molecule has 0 radical (unpaired) electrons. The van der Waals surface area contributed by atoms with E-state index in [0.717, 1.165) is 31.5 Å². The van der Waals surface area contributed by atoms with E-state index in [0.29, 0.717) is 12.5 Å². The molecule has 1 aliphatic rings. The minimum absolute atomic E-state index is 0.226. The van der Waals surface area contributed by atoms with E-state index in [9.17, 15) is 4.79 Å². The number of rotatable bonds is 8. The van der Waals surface area contributed by atoms with E-state index >= 15 is 0 Å². The number of hydrogen-bond acceptors (Lipinski definition) is 3. The first-order valence-electron chi connectivity index (χ1n) is 7.41. The van der Waals surface area contributed by atoms with Crippen LogP contribution in [0.25, 0.3) is 0 Å². The summed E-state index contributed by atoms with van der Waals surface area (Å²) in [7, 11) is 2.02. The molecule has 0 aliphatic heterocycles. The van der Waals surface area contributed by atoms with Crippen LogP contribution in [0, 0.1) is 5.92 Å². The Morgan fingerprint density at radius 2 is 2.05 bits per heavy atom. The van der Waals surface area contributed by atoms with Crippen molar-refractivity contribution in [1.29, 1.82) is 0 Å². The first-order valence-corrected chi connectivity index (χ1v) is 7.41. The monoisotopic (exact) mass is 275 g/mol. The molecule has 1 atom stereocenters. The van der Waals surface area contributed by atoms with Gasteiger partial charge in [-0.25, -0.2) is 0 Å². The molecule has 20 heavy (non-hydrogen) atoms. The molecule has 110 valence electrons. The molecule has 1 aromatic rings. The van der Waals surface area contributed by atoms with Crippen molar-refractivity contribution >= 4 is 11.6 Å². The molecule has 0 heterocycles. The quantitative estimate of drug-likeness (QED) is 0.760. The van der Waals surface area contributed by atoms with Gasteiger partial charge in [-0.05, 0) is 43.9 Å². The fourth-order valence-electron chi connectivity index (χ4n) is 2.77. The molecule has 0 saturated heterocycles. The predicted octanol–water partition coefficient (Wildman–Crippen LogP) is 1.76. The number of nitrogens with one attached hydrogen (secondary N) is 1. The summed E-state index contributed by atoms with van der Waals surface area (Å²) in [5.74, 6) is 0.147. The summed E-state index contributed by atoms with van der Waals surface area (Å²) in [5.41, 5.74) is 6.26.